The van der Waals surface area contributed by atoms with Crippen LogP contribution >= 0.6 is 11.6 Å². The molecule has 1 saturated carbocycles. The number of Topliss-reactive ketones (excluding diaryl/α,β-unsaturated/α-hetero) is 1. The number of fused-ring (bicyclic) bond motifs is 3. The van der Waals surface area contributed by atoms with Gasteiger partial charge in [0, 0.05) is 33.7 Å². The van der Waals surface area contributed by atoms with Crippen molar-refractivity contribution in [3.05, 3.63) is 87.7 Å². The van der Waals surface area contributed by atoms with Crippen LogP contribution in [-0.4, -0.2) is 34.0 Å². The lowest BCUT2D eigenvalue weighted by molar-refractivity contribution is -0.144. The van der Waals surface area contributed by atoms with Gasteiger partial charge >= 0.3 is 5.97 Å². The molecule has 232 valence electrons. The number of aliphatic carboxylic acids is 1. The molecule has 2 aromatic carbocycles. The van der Waals surface area contributed by atoms with Crippen LogP contribution in [0.4, 0.5) is 5.69 Å². The number of pyridine rings is 1. The van der Waals surface area contributed by atoms with E-state index in [4.69, 9.17) is 16.3 Å². The Kier molecular flexibility index (Phi) is 8.49. The van der Waals surface area contributed by atoms with Crippen LogP contribution in [0.15, 0.2) is 54.7 Å². The molecular formula is C37H43ClN2O4. The van der Waals surface area contributed by atoms with Gasteiger partial charge < -0.3 is 15.2 Å². The number of rotatable bonds is 9. The van der Waals surface area contributed by atoms with Crippen molar-refractivity contribution in [2.45, 2.75) is 95.4 Å². The minimum absolute atomic E-state index is 0.0568. The summed E-state index contributed by atoms with van der Waals surface area (Å²) in [4.78, 5) is 29.9. The van der Waals surface area contributed by atoms with Crippen molar-refractivity contribution in [2.75, 3.05) is 11.9 Å². The van der Waals surface area contributed by atoms with Crippen LogP contribution < -0.4 is 10.1 Å². The van der Waals surface area contributed by atoms with E-state index in [9.17, 15) is 14.7 Å². The number of ketones is 1. The molecule has 0 radical (unpaired) electrons. The van der Waals surface area contributed by atoms with Gasteiger partial charge in [0.05, 0.1) is 6.61 Å². The maximum absolute atomic E-state index is 12.8. The first-order valence-corrected chi connectivity index (χ1v) is 16.5. The number of halogens is 1. The van der Waals surface area contributed by atoms with E-state index in [1.54, 1.807) is 19.1 Å². The second-order valence-electron chi connectivity index (χ2n) is 13.6. The molecule has 6 rings (SSSR count). The predicted molar refractivity (Wildman–Crippen MR) is 174 cm³/mol. The Bertz CT molecular complexity index is 1560. The first-order chi connectivity index (χ1) is 21.1. The van der Waals surface area contributed by atoms with Crippen molar-refractivity contribution < 1.29 is 19.4 Å². The molecule has 2 N–H and O–H groups in total. The second kappa shape index (κ2) is 12.2. The number of carboxylic acids is 1. The summed E-state index contributed by atoms with van der Waals surface area (Å²) in [6, 6.07) is 15.5. The molecule has 3 aliphatic carbocycles. The number of benzene rings is 2. The predicted octanol–water partition coefficient (Wildman–Crippen LogP) is 8.40. The molecule has 0 amide bonds. The van der Waals surface area contributed by atoms with Crippen LogP contribution in [0.25, 0.3) is 0 Å². The van der Waals surface area contributed by atoms with Crippen molar-refractivity contribution in [1.82, 2.24) is 4.98 Å². The van der Waals surface area contributed by atoms with Crippen molar-refractivity contribution in [1.29, 1.82) is 0 Å². The van der Waals surface area contributed by atoms with E-state index >= 15 is 0 Å². The SMILES string of the molecule is CC(=O)c1ccc2c(c1)C1(CCC(Nc3cccc(Cl)c3)(C(=O)O)CC1)C(C[C@@H](C)COc1ccnc3c1[C@H](C)CCC3)C2. The Labute approximate surface area is 265 Å². The summed E-state index contributed by atoms with van der Waals surface area (Å²) >= 11 is 6.23. The minimum atomic E-state index is -1.08. The van der Waals surface area contributed by atoms with E-state index in [-0.39, 0.29) is 11.2 Å². The Morgan fingerprint density at radius 2 is 1.93 bits per heavy atom. The van der Waals surface area contributed by atoms with Crippen LogP contribution in [0, 0.1) is 11.8 Å². The molecule has 3 aliphatic rings. The zero-order chi connectivity index (χ0) is 31.1. The molecule has 0 aliphatic heterocycles. The molecule has 1 heterocycles. The van der Waals surface area contributed by atoms with Crippen LogP contribution in [-0.2, 0) is 23.1 Å². The number of anilines is 1. The van der Waals surface area contributed by atoms with Crippen LogP contribution in [0.2, 0.25) is 5.02 Å². The third-order valence-corrected chi connectivity index (χ3v) is 10.9. The summed E-state index contributed by atoms with van der Waals surface area (Å²) in [5, 5.41) is 14.4. The zero-order valence-corrected chi connectivity index (χ0v) is 26.8. The number of carbonyl (C=O) groups is 2. The number of hydrogen-bond acceptors (Lipinski definition) is 5. The number of nitrogens with zero attached hydrogens (tertiary/aromatic N) is 1. The fraction of sp³-hybridized carbons (Fsp3) is 0.486. The van der Waals surface area contributed by atoms with Gasteiger partial charge in [0.15, 0.2) is 5.78 Å². The summed E-state index contributed by atoms with van der Waals surface area (Å²) in [7, 11) is 0. The maximum Gasteiger partial charge on any atom is 0.329 e. The molecule has 6 nitrogen and oxygen atoms in total. The molecular weight excluding hydrogens is 572 g/mol. The molecule has 44 heavy (non-hydrogen) atoms. The topological polar surface area (TPSA) is 88.5 Å². The average Bonchev–Trinajstić information content (AvgIpc) is 3.28. The summed E-state index contributed by atoms with van der Waals surface area (Å²) in [5.74, 6) is 1.29. The van der Waals surface area contributed by atoms with Gasteiger partial charge in [0.1, 0.15) is 11.3 Å². The third-order valence-electron chi connectivity index (χ3n) is 10.7. The van der Waals surface area contributed by atoms with Crippen molar-refractivity contribution in [3.63, 3.8) is 0 Å². The number of nitrogens with one attached hydrogen (secondary N) is 1. The largest absolute Gasteiger partial charge is 0.493 e. The Morgan fingerprint density at radius 3 is 2.66 bits per heavy atom. The van der Waals surface area contributed by atoms with Gasteiger partial charge in [0.25, 0.3) is 0 Å². The lowest BCUT2D eigenvalue weighted by Gasteiger charge is -2.47. The lowest BCUT2D eigenvalue weighted by Crippen LogP contribution is -2.53. The summed E-state index contributed by atoms with van der Waals surface area (Å²) in [6.45, 7) is 6.77. The fourth-order valence-electron chi connectivity index (χ4n) is 8.32. The highest BCUT2D eigenvalue weighted by Crippen LogP contribution is 2.56. The van der Waals surface area contributed by atoms with Crippen LogP contribution in [0.5, 0.6) is 5.75 Å². The molecule has 3 aromatic rings. The van der Waals surface area contributed by atoms with E-state index in [2.05, 4.69) is 36.3 Å². The number of ether oxygens (including phenoxy) is 1. The standard InChI is InChI=1S/C37H43ClN2O4/c1-23(22-44-33-12-17-39-32-9-4-6-24(2)34(32)33)18-28-19-27-11-10-26(25(3)41)20-31(27)36(28)13-15-37(16-14-36,35(42)43)40-30-8-5-7-29(38)21-30/h5,7-8,10-12,17,20-21,23-24,28,40H,4,6,9,13-16,18-19,22H2,1-3H3,(H,42,43)/t23-,24-,28?,36?,37?/m1/s1. The van der Waals surface area contributed by atoms with Gasteiger partial charge in [-0.25, -0.2) is 4.79 Å². The van der Waals surface area contributed by atoms with E-state index in [0.717, 1.165) is 49.1 Å². The van der Waals surface area contributed by atoms with Gasteiger partial charge in [-0.2, -0.15) is 0 Å². The average molecular weight is 615 g/mol. The molecule has 1 unspecified atom stereocenters. The summed E-state index contributed by atoms with van der Waals surface area (Å²) in [6.07, 6.45) is 9.57. The maximum atomic E-state index is 12.8. The monoisotopic (exact) mass is 614 g/mol. The molecule has 0 bridgehead atoms. The van der Waals surface area contributed by atoms with Gasteiger partial charge in [-0.15, -0.1) is 0 Å². The minimum Gasteiger partial charge on any atom is -0.493 e. The molecule has 1 spiro atoms. The molecule has 0 saturated heterocycles. The molecule has 1 aromatic heterocycles. The second-order valence-corrected chi connectivity index (χ2v) is 14.1. The smallest absolute Gasteiger partial charge is 0.329 e. The van der Waals surface area contributed by atoms with E-state index < -0.39 is 11.5 Å². The summed E-state index contributed by atoms with van der Waals surface area (Å²) < 4.78 is 6.51. The number of hydrogen-bond donors (Lipinski definition) is 2. The van der Waals surface area contributed by atoms with E-state index in [1.807, 2.05) is 30.5 Å². The van der Waals surface area contributed by atoms with Gasteiger partial charge in [0.2, 0.25) is 0 Å². The number of aryl methyl sites for hydroxylation is 1. The highest BCUT2D eigenvalue weighted by molar-refractivity contribution is 6.30. The van der Waals surface area contributed by atoms with E-state index in [0.29, 0.717) is 42.2 Å². The first kappa shape index (κ1) is 30.6. The molecule has 3 atom stereocenters. The first-order valence-electron chi connectivity index (χ1n) is 16.1. The quantitative estimate of drug-likeness (QED) is 0.235. The number of carboxylic acid groups (broad SMARTS) is 1. The molecule has 1 fully saturated rings. The summed E-state index contributed by atoms with van der Waals surface area (Å²) in [5.41, 5.74) is 5.16. The Morgan fingerprint density at radius 1 is 1.14 bits per heavy atom. The van der Waals surface area contributed by atoms with Crippen LogP contribution in [0.1, 0.15) is 104 Å². The Balaban J connectivity index is 1.24. The van der Waals surface area contributed by atoms with Gasteiger partial charge in [-0.3, -0.25) is 9.78 Å². The lowest BCUT2D eigenvalue weighted by atomic mass is 9.59. The van der Waals surface area contributed by atoms with Crippen molar-refractivity contribution >= 4 is 29.0 Å². The Hall–Kier alpha value is -3.38. The normalized spacial score (nSPS) is 26.5. The number of aromatic nitrogens is 1. The van der Waals surface area contributed by atoms with Crippen molar-refractivity contribution in [3.8, 4) is 5.75 Å². The highest BCUT2D eigenvalue weighted by atomic mass is 35.5. The zero-order valence-electron chi connectivity index (χ0n) is 26.0. The van der Waals surface area contributed by atoms with Crippen molar-refractivity contribution in [2.24, 2.45) is 11.8 Å². The highest BCUT2D eigenvalue weighted by Gasteiger charge is 2.54. The van der Waals surface area contributed by atoms with Gasteiger partial charge in [-0.1, -0.05) is 43.6 Å². The fourth-order valence-corrected chi connectivity index (χ4v) is 8.51. The van der Waals surface area contributed by atoms with E-state index in [1.165, 1.54) is 35.2 Å². The van der Waals surface area contributed by atoms with Gasteiger partial charge in [-0.05, 0) is 129 Å². The number of carbonyl (C=O) groups excluding carboxylic acids is 1. The molecule has 7 heteroatoms. The third kappa shape index (κ3) is 5.74. The van der Waals surface area contributed by atoms with Crippen LogP contribution in [0.3, 0.4) is 0 Å².